The molecular weight excluding hydrogens is 356 g/mol. The molecule has 3 N–H and O–H groups in total. The minimum atomic E-state index is -0.105. The van der Waals surface area contributed by atoms with Crippen LogP contribution in [0.3, 0.4) is 0 Å². The van der Waals surface area contributed by atoms with Crippen molar-refractivity contribution in [2.24, 2.45) is 4.99 Å². The van der Waals surface area contributed by atoms with Crippen molar-refractivity contribution in [2.75, 3.05) is 33.9 Å². The second-order valence-corrected chi connectivity index (χ2v) is 5.99. The fourth-order valence-electron chi connectivity index (χ4n) is 2.38. The third kappa shape index (κ3) is 7.99. The zero-order valence-electron chi connectivity index (χ0n) is 16.4. The van der Waals surface area contributed by atoms with E-state index in [0.717, 1.165) is 23.5 Å². The molecule has 150 valence electrons. The van der Waals surface area contributed by atoms with Gasteiger partial charge in [0.15, 0.2) is 5.96 Å². The quantitative estimate of drug-likeness (QED) is 0.331. The topological polar surface area (TPSA) is 84.0 Å². The van der Waals surface area contributed by atoms with Crippen LogP contribution in [-0.4, -0.2) is 45.7 Å². The van der Waals surface area contributed by atoms with Crippen molar-refractivity contribution in [2.45, 2.75) is 13.0 Å². The van der Waals surface area contributed by atoms with Crippen molar-refractivity contribution >= 4 is 11.9 Å². The first-order chi connectivity index (χ1) is 13.7. The van der Waals surface area contributed by atoms with E-state index in [1.807, 2.05) is 54.6 Å². The van der Waals surface area contributed by atoms with Gasteiger partial charge in [0, 0.05) is 20.1 Å². The molecule has 0 aliphatic rings. The maximum absolute atomic E-state index is 12.0. The number of aliphatic imine (C=N–C) groups is 1. The van der Waals surface area contributed by atoms with Gasteiger partial charge in [-0.15, -0.1) is 0 Å². The van der Waals surface area contributed by atoms with E-state index in [9.17, 15) is 4.79 Å². The number of amides is 1. The van der Waals surface area contributed by atoms with E-state index < -0.39 is 0 Å². The number of carbonyl (C=O) groups excluding carboxylic acids is 1. The summed E-state index contributed by atoms with van der Waals surface area (Å²) in [6.07, 6.45) is 0.819. The van der Waals surface area contributed by atoms with Crippen LogP contribution in [0.25, 0.3) is 0 Å². The molecule has 0 spiro atoms. The highest BCUT2D eigenvalue weighted by atomic mass is 16.5. The van der Waals surface area contributed by atoms with Crippen molar-refractivity contribution in [3.8, 4) is 11.5 Å². The third-order valence-electron chi connectivity index (χ3n) is 3.91. The number of nitrogens with zero attached hydrogens (tertiary/aromatic N) is 1. The van der Waals surface area contributed by atoms with Crippen LogP contribution in [0.1, 0.15) is 12.0 Å². The Morgan fingerprint density at radius 3 is 2.39 bits per heavy atom. The van der Waals surface area contributed by atoms with Crippen LogP contribution in [0.5, 0.6) is 11.5 Å². The third-order valence-corrected chi connectivity index (χ3v) is 3.91. The summed E-state index contributed by atoms with van der Waals surface area (Å²) in [6.45, 7) is 1.92. The Kier molecular flexibility index (Phi) is 9.20. The lowest BCUT2D eigenvalue weighted by atomic mass is 10.2. The fourth-order valence-corrected chi connectivity index (χ4v) is 2.38. The number of guanidine groups is 1. The molecule has 28 heavy (non-hydrogen) atoms. The van der Waals surface area contributed by atoms with Gasteiger partial charge in [-0.1, -0.05) is 30.3 Å². The smallest absolute Gasteiger partial charge is 0.239 e. The van der Waals surface area contributed by atoms with E-state index in [0.29, 0.717) is 25.7 Å². The van der Waals surface area contributed by atoms with Crippen molar-refractivity contribution in [1.82, 2.24) is 16.0 Å². The van der Waals surface area contributed by atoms with Crippen LogP contribution >= 0.6 is 0 Å². The average Bonchev–Trinajstić information content (AvgIpc) is 2.75. The van der Waals surface area contributed by atoms with Crippen LogP contribution in [-0.2, 0) is 11.3 Å². The Morgan fingerprint density at radius 1 is 0.964 bits per heavy atom. The zero-order chi connectivity index (χ0) is 20.0. The Balaban J connectivity index is 1.58. The molecule has 0 saturated carbocycles. The Hall–Kier alpha value is -3.22. The van der Waals surface area contributed by atoms with E-state index in [1.165, 1.54) is 0 Å². The highest BCUT2D eigenvalue weighted by Gasteiger charge is 2.04. The fraction of sp³-hybridized carbons (Fsp3) is 0.333. The molecule has 2 aromatic rings. The van der Waals surface area contributed by atoms with Crippen LogP contribution in [0.15, 0.2) is 59.6 Å². The number of methoxy groups -OCH3 is 1. The van der Waals surface area contributed by atoms with Crippen molar-refractivity contribution in [3.63, 3.8) is 0 Å². The van der Waals surface area contributed by atoms with Gasteiger partial charge >= 0.3 is 0 Å². The summed E-state index contributed by atoms with van der Waals surface area (Å²) in [5.74, 6) is 2.13. The number of benzene rings is 2. The maximum atomic E-state index is 12.0. The highest BCUT2D eigenvalue weighted by Crippen LogP contribution is 2.10. The number of hydrogen-bond acceptors (Lipinski definition) is 4. The lowest BCUT2D eigenvalue weighted by molar-refractivity contribution is -0.120. The Labute approximate surface area is 166 Å². The molecule has 0 bridgehead atoms. The van der Waals surface area contributed by atoms with Crippen molar-refractivity contribution in [1.29, 1.82) is 0 Å². The van der Waals surface area contributed by atoms with Gasteiger partial charge in [-0.3, -0.25) is 9.79 Å². The summed E-state index contributed by atoms with van der Waals surface area (Å²) < 4.78 is 10.8. The first-order valence-electron chi connectivity index (χ1n) is 9.23. The molecule has 7 nitrogen and oxygen atoms in total. The molecule has 0 fully saturated rings. The molecule has 1 amide bonds. The molecule has 0 saturated heterocycles. The molecule has 0 heterocycles. The van der Waals surface area contributed by atoms with Gasteiger partial charge in [0.25, 0.3) is 0 Å². The molecule has 2 aromatic carbocycles. The lowest BCUT2D eigenvalue weighted by Crippen LogP contribution is -2.43. The second kappa shape index (κ2) is 12.2. The molecule has 0 aliphatic carbocycles. The molecule has 0 radical (unpaired) electrons. The van der Waals surface area contributed by atoms with E-state index >= 15 is 0 Å². The number of nitrogens with one attached hydrogen (secondary N) is 3. The predicted molar refractivity (Wildman–Crippen MR) is 111 cm³/mol. The van der Waals surface area contributed by atoms with Gasteiger partial charge in [0.05, 0.1) is 20.3 Å². The summed E-state index contributed by atoms with van der Waals surface area (Å²) in [5, 5.41) is 9.03. The van der Waals surface area contributed by atoms with E-state index in [1.54, 1.807) is 14.2 Å². The number of para-hydroxylation sites is 1. The maximum Gasteiger partial charge on any atom is 0.239 e. The van der Waals surface area contributed by atoms with Crippen molar-refractivity contribution < 1.29 is 14.3 Å². The number of carbonyl (C=O) groups is 1. The van der Waals surface area contributed by atoms with Crippen LogP contribution < -0.4 is 25.4 Å². The summed E-state index contributed by atoms with van der Waals surface area (Å²) in [7, 11) is 3.30. The van der Waals surface area contributed by atoms with E-state index in [4.69, 9.17) is 9.47 Å². The van der Waals surface area contributed by atoms with Gasteiger partial charge < -0.3 is 25.4 Å². The Bertz CT molecular complexity index is 733. The molecule has 2 rings (SSSR count). The Morgan fingerprint density at radius 2 is 1.71 bits per heavy atom. The molecule has 0 unspecified atom stereocenters. The number of rotatable bonds is 10. The summed E-state index contributed by atoms with van der Waals surface area (Å²) in [5.41, 5.74) is 1.01. The first-order valence-corrected chi connectivity index (χ1v) is 9.23. The normalized spacial score (nSPS) is 10.9. The van der Waals surface area contributed by atoms with Crippen LogP contribution in [0.4, 0.5) is 0 Å². The summed E-state index contributed by atoms with van der Waals surface area (Å²) in [4.78, 5) is 16.1. The molecule has 0 aliphatic heterocycles. The standard InChI is InChI=1S/C21H28N4O3/c1-22-21(23-13-6-14-28-19-7-4-3-5-8-19)25-16-20(26)24-15-17-9-11-18(27-2)12-10-17/h3-5,7-12H,6,13-16H2,1-2H3,(H,24,26)(H2,22,23,25). The summed E-state index contributed by atoms with van der Waals surface area (Å²) >= 11 is 0. The molecule has 7 heteroatoms. The van der Waals surface area contributed by atoms with Crippen molar-refractivity contribution in [3.05, 3.63) is 60.2 Å². The average molecular weight is 384 g/mol. The molecule has 0 atom stereocenters. The SMILES string of the molecule is CN=C(NCCCOc1ccccc1)NCC(=O)NCc1ccc(OC)cc1. The minimum absolute atomic E-state index is 0.105. The van der Waals surface area contributed by atoms with Gasteiger partial charge in [-0.2, -0.15) is 0 Å². The largest absolute Gasteiger partial charge is 0.497 e. The van der Waals surface area contributed by atoms with E-state index in [-0.39, 0.29) is 12.5 Å². The monoisotopic (exact) mass is 384 g/mol. The first kappa shape index (κ1) is 21.1. The molecular formula is C21H28N4O3. The second-order valence-electron chi connectivity index (χ2n) is 5.99. The van der Waals surface area contributed by atoms with Gasteiger partial charge in [-0.05, 0) is 36.2 Å². The summed E-state index contributed by atoms with van der Waals surface area (Å²) in [6, 6.07) is 17.3. The zero-order valence-corrected chi connectivity index (χ0v) is 16.4. The van der Waals surface area contributed by atoms with Gasteiger partial charge in [0.1, 0.15) is 11.5 Å². The predicted octanol–water partition coefficient (Wildman–Crippen LogP) is 1.95. The van der Waals surface area contributed by atoms with Crippen LogP contribution in [0, 0.1) is 0 Å². The van der Waals surface area contributed by atoms with Gasteiger partial charge in [0.2, 0.25) is 5.91 Å². The minimum Gasteiger partial charge on any atom is -0.497 e. The number of hydrogen-bond donors (Lipinski definition) is 3. The van der Waals surface area contributed by atoms with E-state index in [2.05, 4.69) is 20.9 Å². The molecule has 0 aromatic heterocycles. The van der Waals surface area contributed by atoms with Gasteiger partial charge in [-0.25, -0.2) is 0 Å². The highest BCUT2D eigenvalue weighted by molar-refractivity contribution is 5.86. The number of ether oxygens (including phenoxy) is 2. The lowest BCUT2D eigenvalue weighted by Gasteiger charge is -2.12. The van der Waals surface area contributed by atoms with Crippen LogP contribution in [0.2, 0.25) is 0 Å².